The molecule has 1 amide bonds. The lowest BCUT2D eigenvalue weighted by Crippen LogP contribution is -2.29. The summed E-state index contributed by atoms with van der Waals surface area (Å²) in [4.78, 5) is 23.9. The summed E-state index contributed by atoms with van der Waals surface area (Å²) in [6.45, 7) is 2.51. The van der Waals surface area contributed by atoms with E-state index in [2.05, 4.69) is 5.32 Å². The Kier molecular flexibility index (Phi) is 8.02. The number of carbonyl (C=O) groups excluding carboxylic acids is 1. The maximum atomic E-state index is 13.2. The summed E-state index contributed by atoms with van der Waals surface area (Å²) in [5, 5.41) is 13.2. The van der Waals surface area contributed by atoms with Crippen molar-refractivity contribution in [2.75, 3.05) is 24.5 Å². The monoisotopic (exact) mass is 536 g/mol. The van der Waals surface area contributed by atoms with Crippen molar-refractivity contribution in [2.45, 2.75) is 24.7 Å². The summed E-state index contributed by atoms with van der Waals surface area (Å²) in [6, 6.07) is 19.7. The SMILES string of the molecule is Cc1cccc(C(=O)O)c1N(C)S(=O)(=O)c1ccc(OCCCCNC(=O)c2cc3ccccc3o2)cc1. The van der Waals surface area contributed by atoms with Gasteiger partial charge in [-0.05, 0) is 67.8 Å². The van der Waals surface area contributed by atoms with Crippen LogP contribution in [0.2, 0.25) is 0 Å². The number of furan rings is 1. The Hall–Kier alpha value is -4.31. The van der Waals surface area contributed by atoms with Crippen LogP contribution in [0, 0.1) is 6.92 Å². The number of benzene rings is 3. The van der Waals surface area contributed by atoms with Crippen LogP contribution in [0.25, 0.3) is 11.0 Å². The maximum Gasteiger partial charge on any atom is 0.337 e. The van der Waals surface area contributed by atoms with E-state index in [1.165, 1.54) is 25.2 Å². The predicted molar refractivity (Wildman–Crippen MR) is 143 cm³/mol. The third-order valence-electron chi connectivity index (χ3n) is 6.04. The Morgan fingerprint density at radius 3 is 2.45 bits per heavy atom. The minimum absolute atomic E-state index is 0.0141. The smallest absolute Gasteiger partial charge is 0.337 e. The molecule has 9 nitrogen and oxygen atoms in total. The molecular formula is C28H28N2O7S. The van der Waals surface area contributed by atoms with E-state index in [4.69, 9.17) is 9.15 Å². The number of nitrogens with one attached hydrogen (secondary N) is 1. The summed E-state index contributed by atoms with van der Waals surface area (Å²) in [7, 11) is -2.66. The molecule has 4 rings (SSSR count). The molecule has 0 bridgehead atoms. The van der Waals surface area contributed by atoms with Crippen LogP contribution in [0.1, 0.15) is 39.3 Å². The number of carbonyl (C=O) groups is 2. The highest BCUT2D eigenvalue weighted by atomic mass is 32.2. The molecule has 2 N–H and O–H groups in total. The number of sulfonamides is 1. The van der Waals surface area contributed by atoms with Gasteiger partial charge in [0, 0.05) is 19.0 Å². The Bertz CT molecular complexity index is 1530. The highest BCUT2D eigenvalue weighted by Crippen LogP contribution is 2.30. The van der Waals surface area contributed by atoms with Gasteiger partial charge in [0.15, 0.2) is 5.76 Å². The second kappa shape index (κ2) is 11.4. The number of carboxylic acids is 1. The molecule has 1 aromatic heterocycles. The first kappa shape index (κ1) is 26.7. The zero-order valence-corrected chi connectivity index (χ0v) is 21.8. The molecule has 0 aliphatic carbocycles. The molecule has 4 aromatic rings. The highest BCUT2D eigenvalue weighted by Gasteiger charge is 2.26. The van der Waals surface area contributed by atoms with Crippen LogP contribution in [0.15, 0.2) is 82.1 Å². The molecule has 0 radical (unpaired) electrons. The van der Waals surface area contributed by atoms with Gasteiger partial charge < -0.3 is 19.6 Å². The fraction of sp³-hybridized carbons (Fsp3) is 0.214. The van der Waals surface area contributed by atoms with Crippen LogP contribution >= 0.6 is 0 Å². The van der Waals surface area contributed by atoms with Gasteiger partial charge in [-0.25, -0.2) is 13.2 Å². The minimum atomic E-state index is -3.99. The number of aromatic carboxylic acids is 1. The van der Waals surface area contributed by atoms with E-state index in [-0.39, 0.29) is 27.8 Å². The molecule has 0 unspecified atom stereocenters. The zero-order chi connectivity index (χ0) is 27.3. The maximum absolute atomic E-state index is 13.2. The van der Waals surface area contributed by atoms with Gasteiger partial charge in [0.1, 0.15) is 11.3 Å². The Labute approximate surface area is 220 Å². The zero-order valence-electron chi connectivity index (χ0n) is 21.0. The molecule has 0 saturated heterocycles. The molecular weight excluding hydrogens is 508 g/mol. The van der Waals surface area contributed by atoms with Crippen LogP contribution in [-0.2, 0) is 10.0 Å². The standard InChI is InChI=1S/C28H28N2O7S/c1-19-8-7-10-23(28(32)33)26(19)30(2)38(34,35)22-14-12-21(13-15-22)36-17-6-5-16-29-27(31)25-18-20-9-3-4-11-24(20)37-25/h3-4,7-15,18H,5-6,16-17H2,1-2H3,(H,29,31)(H,32,33). The van der Waals surface area contributed by atoms with E-state index in [9.17, 15) is 23.1 Å². The molecule has 10 heteroatoms. The minimum Gasteiger partial charge on any atom is -0.494 e. The number of rotatable bonds is 11. The average Bonchev–Trinajstić information content (AvgIpc) is 3.35. The Morgan fingerprint density at radius 2 is 1.74 bits per heavy atom. The number of para-hydroxylation sites is 2. The first-order valence-corrected chi connectivity index (χ1v) is 13.4. The third-order valence-corrected chi connectivity index (χ3v) is 7.81. The molecule has 198 valence electrons. The summed E-state index contributed by atoms with van der Waals surface area (Å²) in [6.07, 6.45) is 1.36. The molecule has 0 aliphatic rings. The van der Waals surface area contributed by atoms with E-state index in [1.54, 1.807) is 37.3 Å². The van der Waals surface area contributed by atoms with E-state index >= 15 is 0 Å². The van der Waals surface area contributed by atoms with E-state index in [0.29, 0.717) is 42.9 Å². The number of ether oxygens (including phenoxy) is 1. The van der Waals surface area contributed by atoms with E-state index in [0.717, 1.165) is 9.69 Å². The topological polar surface area (TPSA) is 126 Å². The lowest BCUT2D eigenvalue weighted by molar-refractivity contribution is 0.0697. The quantitative estimate of drug-likeness (QED) is 0.262. The van der Waals surface area contributed by atoms with Crippen molar-refractivity contribution < 1.29 is 32.3 Å². The first-order valence-electron chi connectivity index (χ1n) is 12.0. The number of nitrogens with zero attached hydrogens (tertiary/aromatic N) is 1. The number of aryl methyl sites for hydroxylation is 1. The van der Waals surface area contributed by atoms with Crippen LogP contribution < -0.4 is 14.4 Å². The Balaban J connectivity index is 1.27. The van der Waals surface area contributed by atoms with Crippen molar-refractivity contribution >= 4 is 38.6 Å². The summed E-state index contributed by atoms with van der Waals surface area (Å²) < 4.78 is 38.6. The molecule has 0 atom stereocenters. The van der Waals surface area contributed by atoms with Gasteiger partial charge in [-0.3, -0.25) is 9.10 Å². The summed E-state index contributed by atoms with van der Waals surface area (Å²) >= 11 is 0. The molecule has 0 aliphatic heterocycles. The Morgan fingerprint density at radius 1 is 1.00 bits per heavy atom. The van der Waals surface area contributed by atoms with Crippen molar-refractivity contribution in [3.63, 3.8) is 0 Å². The molecule has 0 saturated carbocycles. The van der Waals surface area contributed by atoms with Gasteiger partial charge in [-0.15, -0.1) is 0 Å². The van der Waals surface area contributed by atoms with Crippen molar-refractivity contribution in [3.8, 4) is 5.75 Å². The molecule has 3 aromatic carbocycles. The highest BCUT2D eigenvalue weighted by molar-refractivity contribution is 7.92. The fourth-order valence-electron chi connectivity index (χ4n) is 4.04. The van der Waals surface area contributed by atoms with E-state index in [1.807, 2.05) is 24.3 Å². The second-order valence-electron chi connectivity index (χ2n) is 8.68. The second-order valence-corrected chi connectivity index (χ2v) is 10.6. The number of fused-ring (bicyclic) bond motifs is 1. The lowest BCUT2D eigenvalue weighted by atomic mass is 10.1. The predicted octanol–water partition coefficient (Wildman–Crippen LogP) is 4.85. The van der Waals surface area contributed by atoms with Gasteiger partial charge in [0.05, 0.1) is 22.8 Å². The number of hydrogen-bond donors (Lipinski definition) is 2. The van der Waals surface area contributed by atoms with Crippen LogP contribution in [0.4, 0.5) is 5.69 Å². The van der Waals surface area contributed by atoms with Gasteiger partial charge in [0.25, 0.3) is 15.9 Å². The van der Waals surface area contributed by atoms with Crippen molar-refractivity contribution in [2.24, 2.45) is 0 Å². The summed E-state index contributed by atoms with van der Waals surface area (Å²) in [5.41, 5.74) is 1.22. The molecule has 0 spiro atoms. The average molecular weight is 537 g/mol. The van der Waals surface area contributed by atoms with Crippen LogP contribution in [0.5, 0.6) is 5.75 Å². The van der Waals surface area contributed by atoms with Gasteiger partial charge >= 0.3 is 5.97 Å². The fourth-order valence-corrected chi connectivity index (χ4v) is 5.31. The normalized spacial score (nSPS) is 11.3. The molecule has 1 heterocycles. The lowest BCUT2D eigenvalue weighted by Gasteiger charge is -2.23. The largest absolute Gasteiger partial charge is 0.494 e. The van der Waals surface area contributed by atoms with Gasteiger partial charge in [-0.2, -0.15) is 0 Å². The molecule has 38 heavy (non-hydrogen) atoms. The summed E-state index contributed by atoms with van der Waals surface area (Å²) in [5.74, 6) is -0.710. The number of amides is 1. The first-order chi connectivity index (χ1) is 18.2. The van der Waals surface area contributed by atoms with Crippen molar-refractivity contribution in [1.82, 2.24) is 5.32 Å². The van der Waals surface area contributed by atoms with Crippen molar-refractivity contribution in [1.29, 1.82) is 0 Å². The van der Waals surface area contributed by atoms with Gasteiger partial charge in [-0.1, -0.05) is 30.3 Å². The third kappa shape index (κ3) is 5.81. The van der Waals surface area contributed by atoms with Crippen molar-refractivity contribution in [3.05, 3.63) is 89.7 Å². The number of hydrogen-bond acceptors (Lipinski definition) is 6. The van der Waals surface area contributed by atoms with Crippen LogP contribution in [0.3, 0.4) is 0 Å². The number of unbranched alkanes of at least 4 members (excludes halogenated alkanes) is 1. The molecule has 0 fully saturated rings. The number of carboxylic acid groups (broad SMARTS) is 1. The van der Waals surface area contributed by atoms with E-state index < -0.39 is 16.0 Å². The van der Waals surface area contributed by atoms with Gasteiger partial charge in [0.2, 0.25) is 0 Å². The van der Waals surface area contributed by atoms with Crippen LogP contribution in [-0.4, -0.2) is 45.6 Å². The number of anilines is 1.